The molecule has 1 aromatic heterocycles. The molecule has 1 aliphatic rings. The highest BCUT2D eigenvalue weighted by atomic mass is 35.5. The number of ether oxygens (including phenoxy) is 1. The van der Waals surface area contributed by atoms with Gasteiger partial charge in [-0.15, -0.1) is 0 Å². The molecule has 1 heterocycles. The van der Waals surface area contributed by atoms with E-state index in [2.05, 4.69) is 15.6 Å². The van der Waals surface area contributed by atoms with Gasteiger partial charge in [0.1, 0.15) is 17.9 Å². The number of nitrogens with zero attached hydrogens (tertiary/aromatic N) is 1. The number of carboxylic acids is 1. The van der Waals surface area contributed by atoms with Crippen molar-refractivity contribution in [3.8, 4) is 11.3 Å². The fourth-order valence-corrected chi connectivity index (χ4v) is 3.87. The molecule has 0 bridgehead atoms. The number of hydrogen-bond donors (Lipinski definition) is 3. The predicted octanol–water partition coefficient (Wildman–Crippen LogP) is 5.21. The second-order valence-corrected chi connectivity index (χ2v) is 8.17. The summed E-state index contributed by atoms with van der Waals surface area (Å²) in [7, 11) is 0. The third kappa shape index (κ3) is 4.94. The Morgan fingerprint density at radius 1 is 1.11 bits per heavy atom. The van der Waals surface area contributed by atoms with Crippen molar-refractivity contribution in [1.82, 2.24) is 4.98 Å². The molecule has 35 heavy (non-hydrogen) atoms. The van der Waals surface area contributed by atoms with Crippen molar-refractivity contribution >= 4 is 41.1 Å². The van der Waals surface area contributed by atoms with Gasteiger partial charge in [0.15, 0.2) is 18.0 Å². The lowest BCUT2D eigenvalue weighted by atomic mass is 10.1. The molecule has 3 atom stereocenters. The minimum Gasteiger partial charge on any atom is -0.481 e. The normalized spacial score (nSPS) is 18.9. The van der Waals surface area contributed by atoms with Crippen molar-refractivity contribution in [1.29, 1.82) is 0 Å². The number of carbonyl (C=O) groups excluding carboxylic acids is 2. The summed E-state index contributed by atoms with van der Waals surface area (Å²) in [4.78, 5) is 39.2. The highest BCUT2D eigenvalue weighted by molar-refractivity contribution is 6.31. The standard InChI is InChI=1S/C23H18ClF2N3O6/c1-11(14-4-2-3-5-15(14)24)35-22(33)29-19-18(34-10-27-19)12-6-8-13(9-7-12)28-20(30)16-17(21(31)32)23(16,25)26/h2-11,16-17H,1H3,(H,28,30)(H,29,33)(H,31,32)/t11-,16?,17?/m1/s1. The summed E-state index contributed by atoms with van der Waals surface area (Å²) < 4.78 is 37.8. The molecule has 3 aromatic rings. The molecule has 4 rings (SSSR count). The molecule has 0 saturated heterocycles. The average molecular weight is 506 g/mol. The number of carboxylic acid groups (broad SMARTS) is 1. The van der Waals surface area contributed by atoms with Gasteiger partial charge in [-0.3, -0.25) is 14.9 Å². The Labute approximate surface area is 202 Å². The summed E-state index contributed by atoms with van der Waals surface area (Å²) in [6.07, 6.45) is -0.324. The van der Waals surface area contributed by atoms with Crippen LogP contribution in [-0.2, 0) is 14.3 Å². The van der Waals surface area contributed by atoms with Crippen molar-refractivity contribution in [3.05, 3.63) is 65.5 Å². The van der Waals surface area contributed by atoms with Crippen LogP contribution in [0.3, 0.4) is 0 Å². The minimum absolute atomic E-state index is 0.0695. The van der Waals surface area contributed by atoms with Gasteiger partial charge >= 0.3 is 12.1 Å². The van der Waals surface area contributed by atoms with Gasteiger partial charge in [0, 0.05) is 21.8 Å². The Bertz CT molecular complexity index is 1280. The number of rotatable bonds is 7. The minimum atomic E-state index is -3.59. The van der Waals surface area contributed by atoms with Crippen LogP contribution in [0.1, 0.15) is 18.6 Å². The molecule has 2 aromatic carbocycles. The number of aliphatic carboxylic acids is 1. The van der Waals surface area contributed by atoms with E-state index in [1.165, 1.54) is 24.3 Å². The molecule has 1 aliphatic carbocycles. The van der Waals surface area contributed by atoms with Crippen LogP contribution in [0.25, 0.3) is 11.3 Å². The lowest BCUT2D eigenvalue weighted by molar-refractivity contribution is -0.141. The highest BCUT2D eigenvalue weighted by Crippen LogP contribution is 2.55. The zero-order valence-corrected chi connectivity index (χ0v) is 18.8. The number of aromatic nitrogens is 1. The van der Waals surface area contributed by atoms with Crippen LogP contribution in [0, 0.1) is 11.8 Å². The van der Waals surface area contributed by atoms with Crippen molar-refractivity contribution in [2.45, 2.75) is 19.0 Å². The molecule has 12 heteroatoms. The van der Waals surface area contributed by atoms with Gasteiger partial charge in [0.2, 0.25) is 5.91 Å². The third-order valence-electron chi connectivity index (χ3n) is 5.43. The van der Waals surface area contributed by atoms with Crippen LogP contribution in [0.4, 0.5) is 25.1 Å². The SMILES string of the molecule is C[C@@H](OC(=O)Nc1ncoc1-c1ccc(NC(=O)C2C(C(=O)O)C2(F)F)cc1)c1ccccc1Cl. The Hall–Kier alpha value is -3.99. The van der Waals surface area contributed by atoms with Crippen molar-refractivity contribution in [2.24, 2.45) is 11.8 Å². The first-order chi connectivity index (χ1) is 16.6. The van der Waals surface area contributed by atoms with E-state index in [4.69, 9.17) is 25.9 Å². The summed E-state index contributed by atoms with van der Waals surface area (Å²) in [6.45, 7) is 1.66. The molecule has 2 amide bonds. The summed E-state index contributed by atoms with van der Waals surface area (Å²) in [6, 6.07) is 12.7. The van der Waals surface area contributed by atoms with Crippen LogP contribution < -0.4 is 10.6 Å². The quantitative estimate of drug-likeness (QED) is 0.401. The summed E-state index contributed by atoms with van der Waals surface area (Å²) in [5.41, 5.74) is 1.25. The highest BCUT2D eigenvalue weighted by Gasteiger charge is 2.75. The van der Waals surface area contributed by atoms with Crippen molar-refractivity contribution in [3.63, 3.8) is 0 Å². The number of hydrogen-bond acceptors (Lipinski definition) is 6. The number of amides is 2. The number of halogens is 3. The van der Waals surface area contributed by atoms with Crippen LogP contribution in [0.5, 0.6) is 0 Å². The zero-order chi connectivity index (χ0) is 25.3. The van der Waals surface area contributed by atoms with E-state index >= 15 is 0 Å². The second kappa shape index (κ2) is 9.34. The number of benzene rings is 2. The molecule has 1 fully saturated rings. The first-order valence-corrected chi connectivity index (χ1v) is 10.6. The molecular formula is C23H18ClF2N3O6. The maximum Gasteiger partial charge on any atom is 0.413 e. The molecule has 9 nitrogen and oxygen atoms in total. The molecule has 0 spiro atoms. The Kier molecular flexibility index (Phi) is 6.44. The van der Waals surface area contributed by atoms with Crippen molar-refractivity contribution in [2.75, 3.05) is 10.6 Å². The molecule has 2 unspecified atom stereocenters. The third-order valence-corrected chi connectivity index (χ3v) is 5.78. The lowest BCUT2D eigenvalue weighted by Crippen LogP contribution is -2.18. The molecular weight excluding hydrogens is 488 g/mol. The van der Waals surface area contributed by atoms with Gasteiger partial charge in [-0.2, -0.15) is 4.98 Å². The maximum absolute atomic E-state index is 13.5. The van der Waals surface area contributed by atoms with Crippen LogP contribution in [-0.4, -0.2) is 34.0 Å². The number of nitrogens with one attached hydrogen (secondary N) is 2. The Morgan fingerprint density at radius 3 is 2.43 bits per heavy atom. The largest absolute Gasteiger partial charge is 0.481 e. The fourth-order valence-electron chi connectivity index (χ4n) is 3.58. The summed E-state index contributed by atoms with van der Waals surface area (Å²) in [5.74, 6) is -10.1. The number of anilines is 2. The zero-order valence-electron chi connectivity index (χ0n) is 18.0. The molecule has 0 aliphatic heterocycles. The van der Waals surface area contributed by atoms with Crippen LogP contribution in [0.15, 0.2) is 59.3 Å². The van der Waals surface area contributed by atoms with Crippen LogP contribution in [0.2, 0.25) is 5.02 Å². The van der Waals surface area contributed by atoms with E-state index in [-0.39, 0.29) is 17.3 Å². The van der Waals surface area contributed by atoms with E-state index in [1.807, 2.05) is 0 Å². The molecule has 0 radical (unpaired) electrons. The van der Waals surface area contributed by atoms with E-state index in [0.29, 0.717) is 16.1 Å². The number of oxazole rings is 1. The van der Waals surface area contributed by atoms with E-state index in [1.54, 1.807) is 31.2 Å². The average Bonchev–Trinajstić information content (AvgIpc) is 3.12. The number of carbonyl (C=O) groups is 3. The molecule has 1 saturated carbocycles. The van der Waals surface area contributed by atoms with Gasteiger partial charge in [-0.25, -0.2) is 13.6 Å². The molecule has 182 valence electrons. The van der Waals surface area contributed by atoms with Gasteiger partial charge in [-0.1, -0.05) is 29.8 Å². The molecule has 3 N–H and O–H groups in total. The second-order valence-electron chi connectivity index (χ2n) is 7.76. The van der Waals surface area contributed by atoms with Gasteiger partial charge in [0.25, 0.3) is 5.92 Å². The first kappa shape index (κ1) is 24.1. The van der Waals surface area contributed by atoms with Gasteiger partial charge in [0.05, 0.1) is 0 Å². The first-order valence-electron chi connectivity index (χ1n) is 10.3. The van der Waals surface area contributed by atoms with Crippen molar-refractivity contribution < 1.29 is 37.4 Å². The van der Waals surface area contributed by atoms with E-state index in [9.17, 15) is 23.2 Å². The monoisotopic (exact) mass is 505 g/mol. The van der Waals surface area contributed by atoms with Gasteiger partial charge in [-0.05, 0) is 37.3 Å². The topological polar surface area (TPSA) is 131 Å². The summed E-state index contributed by atoms with van der Waals surface area (Å²) >= 11 is 6.12. The number of alkyl halides is 2. The smallest absolute Gasteiger partial charge is 0.413 e. The van der Waals surface area contributed by atoms with Crippen LogP contribution >= 0.6 is 11.6 Å². The Balaban J connectivity index is 1.39. The summed E-state index contributed by atoms with van der Waals surface area (Å²) in [5, 5.41) is 14.0. The maximum atomic E-state index is 13.5. The van der Waals surface area contributed by atoms with Gasteiger partial charge < -0.3 is 19.6 Å². The predicted molar refractivity (Wildman–Crippen MR) is 120 cm³/mol. The Morgan fingerprint density at radius 2 is 1.80 bits per heavy atom. The fraction of sp³-hybridized carbons (Fsp3) is 0.217. The van der Waals surface area contributed by atoms with E-state index in [0.717, 1.165) is 6.39 Å². The van der Waals surface area contributed by atoms with E-state index < -0.39 is 41.8 Å². The lowest BCUT2D eigenvalue weighted by Gasteiger charge is -2.15.